The number of nitrogens with zero attached hydrogens (tertiary/aromatic N) is 2. The van der Waals surface area contributed by atoms with Crippen molar-refractivity contribution in [3.63, 3.8) is 0 Å². The standard InChI is InChI=1S/C9H17N3OS/c1-9(2,3)13-6-8-12-11-7(14-8)5-10-4/h10H,5-6H2,1-4H3. The molecule has 0 bridgehead atoms. The molecule has 0 fully saturated rings. The van der Waals surface area contributed by atoms with E-state index in [1.165, 1.54) is 0 Å². The Labute approximate surface area is 88.7 Å². The fourth-order valence-corrected chi connectivity index (χ4v) is 1.62. The second-order valence-electron chi connectivity index (χ2n) is 4.02. The van der Waals surface area contributed by atoms with Crippen molar-refractivity contribution in [3.05, 3.63) is 10.0 Å². The highest BCUT2D eigenvalue weighted by Gasteiger charge is 2.12. The largest absolute Gasteiger partial charge is 0.369 e. The van der Waals surface area contributed by atoms with Gasteiger partial charge in [0, 0.05) is 6.54 Å². The second kappa shape index (κ2) is 4.82. The molecule has 4 nitrogen and oxygen atoms in total. The number of nitrogens with one attached hydrogen (secondary N) is 1. The summed E-state index contributed by atoms with van der Waals surface area (Å²) in [6.45, 7) is 7.41. The minimum atomic E-state index is -0.116. The van der Waals surface area contributed by atoms with Crippen molar-refractivity contribution < 1.29 is 4.74 Å². The van der Waals surface area contributed by atoms with Crippen molar-refractivity contribution in [3.8, 4) is 0 Å². The molecule has 0 saturated carbocycles. The molecular formula is C9H17N3OS. The first-order valence-corrected chi connectivity index (χ1v) is 5.43. The number of rotatable bonds is 4. The lowest BCUT2D eigenvalue weighted by molar-refractivity contribution is -0.0152. The first-order valence-electron chi connectivity index (χ1n) is 4.61. The Morgan fingerprint density at radius 2 is 1.93 bits per heavy atom. The number of aromatic nitrogens is 2. The third kappa shape index (κ3) is 4.13. The summed E-state index contributed by atoms with van der Waals surface area (Å²) < 4.78 is 5.59. The maximum Gasteiger partial charge on any atom is 0.143 e. The van der Waals surface area contributed by atoms with Gasteiger partial charge in [-0.3, -0.25) is 0 Å². The molecule has 1 rings (SSSR count). The van der Waals surface area contributed by atoms with Crippen LogP contribution in [-0.4, -0.2) is 22.8 Å². The zero-order chi connectivity index (χ0) is 10.6. The molecule has 1 N–H and O–H groups in total. The van der Waals surface area contributed by atoms with Crippen LogP contribution in [0.4, 0.5) is 0 Å². The van der Waals surface area contributed by atoms with Gasteiger partial charge in [-0.1, -0.05) is 11.3 Å². The van der Waals surface area contributed by atoms with Crippen molar-refractivity contribution in [2.75, 3.05) is 7.05 Å². The van der Waals surface area contributed by atoms with E-state index in [9.17, 15) is 0 Å². The summed E-state index contributed by atoms with van der Waals surface area (Å²) in [6, 6.07) is 0. The lowest BCUT2D eigenvalue weighted by Crippen LogP contribution is -2.18. The Balaban J connectivity index is 2.44. The lowest BCUT2D eigenvalue weighted by atomic mass is 10.2. The number of hydrogen-bond donors (Lipinski definition) is 1. The summed E-state index contributed by atoms with van der Waals surface area (Å²) in [4.78, 5) is 0. The SMILES string of the molecule is CNCc1nnc(COC(C)(C)C)s1. The van der Waals surface area contributed by atoms with E-state index in [4.69, 9.17) is 4.74 Å². The Hall–Kier alpha value is -0.520. The van der Waals surface area contributed by atoms with Gasteiger partial charge in [0.1, 0.15) is 16.6 Å². The van der Waals surface area contributed by atoms with E-state index in [0.29, 0.717) is 6.61 Å². The molecule has 0 unspecified atom stereocenters. The molecule has 0 spiro atoms. The van der Waals surface area contributed by atoms with Crippen molar-refractivity contribution in [2.45, 2.75) is 39.5 Å². The summed E-state index contributed by atoms with van der Waals surface area (Å²) in [5.41, 5.74) is -0.116. The highest BCUT2D eigenvalue weighted by molar-refractivity contribution is 7.11. The highest BCUT2D eigenvalue weighted by Crippen LogP contribution is 2.15. The molecule has 5 heteroatoms. The molecule has 0 aliphatic carbocycles. The quantitative estimate of drug-likeness (QED) is 0.828. The molecule has 1 aromatic heterocycles. The third-order valence-corrected chi connectivity index (χ3v) is 2.36. The van der Waals surface area contributed by atoms with Crippen LogP contribution < -0.4 is 5.32 Å². The summed E-state index contributed by atoms with van der Waals surface area (Å²) in [5.74, 6) is 0. The molecule has 1 aromatic rings. The first-order chi connectivity index (χ1) is 6.51. The summed E-state index contributed by atoms with van der Waals surface area (Å²) in [7, 11) is 1.90. The molecule has 14 heavy (non-hydrogen) atoms. The Morgan fingerprint density at radius 1 is 1.29 bits per heavy atom. The van der Waals surface area contributed by atoms with Crippen LogP contribution in [0.2, 0.25) is 0 Å². The number of ether oxygens (including phenoxy) is 1. The van der Waals surface area contributed by atoms with Crippen LogP contribution in [0.25, 0.3) is 0 Å². The molecule has 1 heterocycles. The summed E-state index contributed by atoms with van der Waals surface area (Å²) >= 11 is 1.59. The number of hydrogen-bond acceptors (Lipinski definition) is 5. The Kier molecular flexibility index (Phi) is 3.97. The molecule has 0 amide bonds. The van der Waals surface area contributed by atoms with Crippen molar-refractivity contribution in [1.82, 2.24) is 15.5 Å². The van der Waals surface area contributed by atoms with Crippen molar-refractivity contribution in [1.29, 1.82) is 0 Å². The highest BCUT2D eigenvalue weighted by atomic mass is 32.1. The molecule has 0 aromatic carbocycles. The van der Waals surface area contributed by atoms with Crippen LogP contribution >= 0.6 is 11.3 Å². The predicted molar refractivity (Wildman–Crippen MR) is 57.2 cm³/mol. The van der Waals surface area contributed by atoms with Gasteiger partial charge in [-0.15, -0.1) is 10.2 Å². The van der Waals surface area contributed by atoms with Crippen LogP contribution in [0, 0.1) is 0 Å². The molecular weight excluding hydrogens is 198 g/mol. The Bertz CT molecular complexity index is 280. The van der Waals surface area contributed by atoms with Gasteiger partial charge in [0.2, 0.25) is 0 Å². The Morgan fingerprint density at radius 3 is 2.50 bits per heavy atom. The van der Waals surface area contributed by atoms with E-state index in [1.807, 2.05) is 27.8 Å². The van der Waals surface area contributed by atoms with E-state index in [0.717, 1.165) is 16.6 Å². The maximum absolute atomic E-state index is 5.59. The van der Waals surface area contributed by atoms with Crippen LogP contribution in [0.3, 0.4) is 0 Å². The van der Waals surface area contributed by atoms with Crippen LogP contribution in [0.1, 0.15) is 30.8 Å². The van der Waals surface area contributed by atoms with Gasteiger partial charge in [0.15, 0.2) is 0 Å². The summed E-state index contributed by atoms with van der Waals surface area (Å²) in [5, 5.41) is 13.0. The average Bonchev–Trinajstić information content (AvgIpc) is 2.49. The van der Waals surface area contributed by atoms with E-state index in [-0.39, 0.29) is 5.60 Å². The van der Waals surface area contributed by atoms with Gasteiger partial charge < -0.3 is 10.1 Å². The van der Waals surface area contributed by atoms with E-state index in [2.05, 4.69) is 15.5 Å². The molecule has 0 aliphatic heterocycles. The van der Waals surface area contributed by atoms with Gasteiger partial charge in [0.05, 0.1) is 5.60 Å². The monoisotopic (exact) mass is 215 g/mol. The fourth-order valence-electron chi connectivity index (χ4n) is 0.848. The molecule has 0 aliphatic rings. The average molecular weight is 215 g/mol. The van der Waals surface area contributed by atoms with Crippen LogP contribution in [0.15, 0.2) is 0 Å². The minimum absolute atomic E-state index is 0.116. The third-order valence-electron chi connectivity index (χ3n) is 1.47. The van der Waals surface area contributed by atoms with Crippen LogP contribution in [-0.2, 0) is 17.9 Å². The molecule has 0 saturated heterocycles. The van der Waals surface area contributed by atoms with E-state index < -0.39 is 0 Å². The smallest absolute Gasteiger partial charge is 0.143 e. The summed E-state index contributed by atoms with van der Waals surface area (Å²) in [6.07, 6.45) is 0. The van der Waals surface area contributed by atoms with Gasteiger partial charge in [0.25, 0.3) is 0 Å². The second-order valence-corrected chi connectivity index (χ2v) is 5.17. The predicted octanol–water partition coefficient (Wildman–Crippen LogP) is 1.57. The lowest BCUT2D eigenvalue weighted by Gasteiger charge is -2.17. The van der Waals surface area contributed by atoms with Crippen molar-refractivity contribution in [2.24, 2.45) is 0 Å². The van der Waals surface area contributed by atoms with Gasteiger partial charge in [-0.2, -0.15) is 0 Å². The van der Waals surface area contributed by atoms with Gasteiger partial charge >= 0.3 is 0 Å². The molecule has 0 radical (unpaired) electrons. The van der Waals surface area contributed by atoms with Gasteiger partial charge in [-0.05, 0) is 27.8 Å². The first kappa shape index (κ1) is 11.6. The zero-order valence-corrected chi connectivity index (χ0v) is 9.94. The van der Waals surface area contributed by atoms with Crippen molar-refractivity contribution >= 4 is 11.3 Å². The van der Waals surface area contributed by atoms with Crippen LogP contribution in [0.5, 0.6) is 0 Å². The van der Waals surface area contributed by atoms with E-state index >= 15 is 0 Å². The normalized spacial score (nSPS) is 12.0. The zero-order valence-electron chi connectivity index (χ0n) is 9.13. The fraction of sp³-hybridized carbons (Fsp3) is 0.778. The minimum Gasteiger partial charge on any atom is -0.369 e. The molecule has 80 valence electrons. The van der Waals surface area contributed by atoms with E-state index in [1.54, 1.807) is 11.3 Å². The maximum atomic E-state index is 5.59. The topological polar surface area (TPSA) is 47.0 Å². The van der Waals surface area contributed by atoms with Gasteiger partial charge in [-0.25, -0.2) is 0 Å². The molecule has 0 atom stereocenters.